The maximum absolute atomic E-state index is 12.7. The number of nitrogens with zero attached hydrogens (tertiary/aromatic N) is 3. The van der Waals surface area contributed by atoms with Crippen molar-refractivity contribution in [1.29, 1.82) is 0 Å². The van der Waals surface area contributed by atoms with Gasteiger partial charge in [-0.15, -0.1) is 0 Å². The molecule has 3 rings (SSSR count). The summed E-state index contributed by atoms with van der Waals surface area (Å²) in [6.45, 7) is -0.504. The third-order valence-corrected chi connectivity index (χ3v) is 4.34. The summed E-state index contributed by atoms with van der Waals surface area (Å²) in [4.78, 5) is 18.4. The predicted molar refractivity (Wildman–Crippen MR) is 103 cm³/mol. The average Bonchev–Trinajstić information content (AvgIpc) is 3.21. The van der Waals surface area contributed by atoms with E-state index in [2.05, 4.69) is 15.5 Å². The normalized spacial score (nSPS) is 12.5. The number of carbonyl (C=O) groups is 1. The minimum Gasteiger partial charge on any atom is -0.394 e. The lowest BCUT2D eigenvalue weighted by atomic mass is 10.1. The van der Waals surface area contributed by atoms with Gasteiger partial charge in [-0.05, 0) is 36.4 Å². The van der Waals surface area contributed by atoms with Gasteiger partial charge in [0, 0.05) is 30.9 Å². The number of aliphatic hydroxyl groups excluding tert-OH is 1. The third kappa shape index (κ3) is 4.77. The Morgan fingerprint density at radius 2 is 1.77 bits per heavy atom. The number of hydrogen-bond acceptors (Lipinski definition) is 6. The number of amides is 1. The van der Waals surface area contributed by atoms with E-state index in [1.165, 1.54) is 12.1 Å². The summed E-state index contributed by atoms with van der Waals surface area (Å²) in [6, 6.07) is 10.1. The number of benzene rings is 2. The van der Waals surface area contributed by atoms with Crippen molar-refractivity contribution in [3.63, 3.8) is 0 Å². The molecule has 2 N–H and O–H groups in total. The second-order valence-electron chi connectivity index (χ2n) is 6.68. The molecule has 0 fully saturated rings. The fraction of sp³-hybridized carbons (Fsp3) is 0.250. The Bertz CT molecular complexity index is 999. The zero-order chi connectivity index (χ0) is 21.9. The van der Waals surface area contributed by atoms with Crippen molar-refractivity contribution in [2.24, 2.45) is 0 Å². The molecule has 0 bridgehead atoms. The van der Waals surface area contributed by atoms with Crippen LogP contribution >= 0.6 is 0 Å². The number of nitrogens with one attached hydrogen (secondary N) is 1. The van der Waals surface area contributed by atoms with E-state index in [9.17, 15) is 23.1 Å². The van der Waals surface area contributed by atoms with Crippen LogP contribution in [0.2, 0.25) is 0 Å². The van der Waals surface area contributed by atoms with E-state index in [0.29, 0.717) is 11.1 Å². The summed E-state index contributed by atoms with van der Waals surface area (Å²) in [6.07, 6.45) is -4.45. The standard InChI is InChI=1S/C20H19F3N4O3/c1-27(2)15-9-5-13(6-10-15)18(29)24-16(11-28)19-25-17(26-30-19)12-3-7-14(8-4-12)20(21,22)23/h3-10,16,28H,11H2,1-2H3,(H,24,29). The fourth-order valence-electron chi connectivity index (χ4n) is 2.64. The second kappa shape index (κ2) is 8.54. The first kappa shape index (κ1) is 21.3. The number of carbonyl (C=O) groups excluding carboxylic acids is 1. The van der Waals surface area contributed by atoms with Crippen molar-refractivity contribution in [2.75, 3.05) is 25.6 Å². The highest BCUT2D eigenvalue weighted by Crippen LogP contribution is 2.30. The van der Waals surface area contributed by atoms with Crippen LogP contribution in [-0.4, -0.2) is 41.9 Å². The first-order valence-corrected chi connectivity index (χ1v) is 8.89. The van der Waals surface area contributed by atoms with E-state index in [1.54, 1.807) is 24.3 Å². The van der Waals surface area contributed by atoms with Crippen LogP contribution < -0.4 is 10.2 Å². The molecule has 7 nitrogen and oxygen atoms in total. The van der Waals surface area contributed by atoms with Gasteiger partial charge in [0.15, 0.2) is 0 Å². The molecule has 1 unspecified atom stereocenters. The molecule has 3 aromatic rings. The van der Waals surface area contributed by atoms with Crippen LogP contribution in [0.4, 0.5) is 18.9 Å². The molecule has 2 aromatic carbocycles. The molecular formula is C20H19F3N4O3. The Kier molecular flexibility index (Phi) is 6.06. The van der Waals surface area contributed by atoms with Gasteiger partial charge in [-0.25, -0.2) is 0 Å². The number of aromatic nitrogens is 2. The van der Waals surface area contributed by atoms with Gasteiger partial charge in [0.25, 0.3) is 11.8 Å². The summed E-state index contributed by atoms with van der Waals surface area (Å²) in [5.41, 5.74) is 0.806. The lowest BCUT2D eigenvalue weighted by Crippen LogP contribution is -2.31. The molecule has 10 heteroatoms. The molecule has 0 aliphatic rings. The lowest BCUT2D eigenvalue weighted by molar-refractivity contribution is -0.137. The Balaban J connectivity index is 1.73. The van der Waals surface area contributed by atoms with Crippen molar-refractivity contribution >= 4 is 11.6 Å². The van der Waals surface area contributed by atoms with E-state index in [4.69, 9.17) is 4.52 Å². The molecule has 0 radical (unpaired) electrons. The number of anilines is 1. The molecule has 1 aromatic heterocycles. The van der Waals surface area contributed by atoms with Crippen molar-refractivity contribution < 1.29 is 27.6 Å². The van der Waals surface area contributed by atoms with E-state index in [0.717, 1.165) is 17.8 Å². The summed E-state index contributed by atoms with van der Waals surface area (Å²) >= 11 is 0. The van der Waals surface area contributed by atoms with Gasteiger partial charge in [0.1, 0.15) is 6.04 Å². The largest absolute Gasteiger partial charge is 0.416 e. The minimum absolute atomic E-state index is 0.0433. The maximum atomic E-state index is 12.7. The Morgan fingerprint density at radius 3 is 2.30 bits per heavy atom. The summed E-state index contributed by atoms with van der Waals surface area (Å²) in [5.74, 6) is -0.471. The molecule has 30 heavy (non-hydrogen) atoms. The third-order valence-electron chi connectivity index (χ3n) is 4.34. The van der Waals surface area contributed by atoms with Gasteiger partial charge in [0.05, 0.1) is 12.2 Å². The molecule has 158 valence electrons. The molecule has 1 atom stereocenters. The molecule has 0 spiro atoms. The van der Waals surface area contributed by atoms with Crippen LogP contribution in [0, 0.1) is 0 Å². The van der Waals surface area contributed by atoms with Crippen LogP contribution in [0.1, 0.15) is 27.9 Å². The van der Waals surface area contributed by atoms with Gasteiger partial charge in [-0.1, -0.05) is 17.3 Å². The molecule has 0 aliphatic carbocycles. The molecule has 1 heterocycles. The van der Waals surface area contributed by atoms with Crippen LogP contribution in [0.5, 0.6) is 0 Å². The van der Waals surface area contributed by atoms with E-state index in [1.807, 2.05) is 19.0 Å². The number of aliphatic hydroxyl groups is 1. The van der Waals surface area contributed by atoms with Crippen LogP contribution in [0.3, 0.4) is 0 Å². The van der Waals surface area contributed by atoms with Crippen LogP contribution in [0.25, 0.3) is 11.4 Å². The molecule has 0 aliphatic heterocycles. The average molecular weight is 420 g/mol. The van der Waals surface area contributed by atoms with Crippen molar-refractivity contribution in [2.45, 2.75) is 12.2 Å². The molecule has 1 amide bonds. The van der Waals surface area contributed by atoms with Gasteiger partial charge >= 0.3 is 6.18 Å². The van der Waals surface area contributed by atoms with Crippen LogP contribution in [-0.2, 0) is 6.18 Å². The van der Waals surface area contributed by atoms with E-state index in [-0.39, 0.29) is 11.7 Å². The zero-order valence-electron chi connectivity index (χ0n) is 16.1. The summed E-state index contributed by atoms with van der Waals surface area (Å²) in [5, 5.41) is 15.9. The van der Waals surface area contributed by atoms with E-state index >= 15 is 0 Å². The molecular weight excluding hydrogens is 401 g/mol. The second-order valence-corrected chi connectivity index (χ2v) is 6.68. The lowest BCUT2D eigenvalue weighted by Gasteiger charge is -2.14. The summed E-state index contributed by atoms with van der Waals surface area (Å²) in [7, 11) is 3.75. The summed E-state index contributed by atoms with van der Waals surface area (Å²) < 4.78 is 43.1. The Labute approximate surface area is 170 Å². The number of halogens is 3. The van der Waals surface area contributed by atoms with E-state index < -0.39 is 30.3 Å². The first-order valence-electron chi connectivity index (χ1n) is 8.89. The van der Waals surface area contributed by atoms with Crippen molar-refractivity contribution in [3.05, 3.63) is 65.5 Å². The highest BCUT2D eigenvalue weighted by atomic mass is 19.4. The Morgan fingerprint density at radius 1 is 1.13 bits per heavy atom. The van der Waals surface area contributed by atoms with Gasteiger partial charge < -0.3 is 19.8 Å². The first-order chi connectivity index (χ1) is 14.2. The molecule has 0 saturated heterocycles. The highest BCUT2D eigenvalue weighted by molar-refractivity contribution is 5.94. The van der Waals surface area contributed by atoms with Gasteiger partial charge in [-0.2, -0.15) is 18.2 Å². The quantitative estimate of drug-likeness (QED) is 0.636. The smallest absolute Gasteiger partial charge is 0.394 e. The number of alkyl halides is 3. The minimum atomic E-state index is -4.45. The van der Waals surface area contributed by atoms with Gasteiger partial charge in [0.2, 0.25) is 5.82 Å². The van der Waals surface area contributed by atoms with Crippen LogP contribution in [0.15, 0.2) is 53.1 Å². The number of hydrogen-bond donors (Lipinski definition) is 2. The monoisotopic (exact) mass is 420 g/mol. The number of rotatable bonds is 6. The zero-order valence-corrected chi connectivity index (χ0v) is 16.1. The van der Waals surface area contributed by atoms with Crippen molar-refractivity contribution in [3.8, 4) is 11.4 Å². The Hall–Kier alpha value is -3.40. The fourth-order valence-corrected chi connectivity index (χ4v) is 2.64. The maximum Gasteiger partial charge on any atom is 0.416 e. The van der Waals surface area contributed by atoms with Crippen molar-refractivity contribution in [1.82, 2.24) is 15.5 Å². The SMILES string of the molecule is CN(C)c1ccc(C(=O)NC(CO)c2nc(-c3ccc(C(F)(F)F)cc3)no2)cc1. The topological polar surface area (TPSA) is 91.5 Å². The molecule has 0 saturated carbocycles. The van der Waals surface area contributed by atoms with Gasteiger partial charge in [-0.3, -0.25) is 4.79 Å². The highest BCUT2D eigenvalue weighted by Gasteiger charge is 2.30. The predicted octanol–water partition coefficient (Wildman–Crippen LogP) is 3.28.